The van der Waals surface area contributed by atoms with Gasteiger partial charge in [-0.1, -0.05) is 0 Å². The summed E-state index contributed by atoms with van der Waals surface area (Å²) in [6.07, 6.45) is 1.95. The summed E-state index contributed by atoms with van der Waals surface area (Å²) in [5.41, 5.74) is 1.01. The Hall–Kier alpha value is -1.93. The molecule has 1 aromatic carbocycles. The van der Waals surface area contributed by atoms with Crippen molar-refractivity contribution < 1.29 is 39.1 Å². The standard InChI is InChI=1S/C27H39IN2O8/c1-16(2)37-10-4-8-30(27(35)18-5-6-18)21-13-19(26(34)29-7-9-31)14-22(24(21)33)38-25-20(28)11-17(15-32)12-23(25)36-3/h11-12,14,16,18,21-22,24,31-33H,4-10,13,15H2,1-3H3,(H,29,34). The molecule has 0 spiro atoms. The number of carbonyl (C=O) groups excluding carboxylic acids is 2. The van der Waals surface area contributed by atoms with Crippen LogP contribution in [0.1, 0.15) is 45.1 Å². The maximum absolute atomic E-state index is 13.4. The van der Waals surface area contributed by atoms with Crippen LogP contribution in [0.5, 0.6) is 11.5 Å². The van der Waals surface area contributed by atoms with Crippen molar-refractivity contribution in [3.05, 3.63) is 32.9 Å². The van der Waals surface area contributed by atoms with Crippen LogP contribution in [-0.2, 0) is 20.9 Å². The Bertz CT molecular complexity index is 998. The maximum atomic E-state index is 13.4. The van der Waals surface area contributed by atoms with Crippen LogP contribution in [0.2, 0.25) is 0 Å². The molecule has 0 heterocycles. The monoisotopic (exact) mass is 646 g/mol. The molecule has 0 bridgehead atoms. The highest BCUT2D eigenvalue weighted by molar-refractivity contribution is 14.1. The fourth-order valence-corrected chi connectivity index (χ4v) is 5.25. The molecule has 0 aromatic heterocycles. The van der Waals surface area contributed by atoms with E-state index in [0.717, 1.165) is 12.8 Å². The predicted octanol–water partition coefficient (Wildman–Crippen LogP) is 1.76. The molecular formula is C27H39IN2O8. The zero-order valence-electron chi connectivity index (χ0n) is 22.2. The van der Waals surface area contributed by atoms with Gasteiger partial charge in [-0.3, -0.25) is 9.59 Å². The van der Waals surface area contributed by atoms with Gasteiger partial charge in [0.1, 0.15) is 12.2 Å². The fraction of sp³-hybridized carbons (Fsp3) is 0.630. The second-order valence-corrected chi connectivity index (χ2v) is 11.0. The molecule has 10 nitrogen and oxygen atoms in total. The SMILES string of the molecule is COc1cc(CO)cc(I)c1OC1C=C(C(=O)NCCO)CC(N(CCCOC(C)C)C(=O)C2CC2)C1O. The summed E-state index contributed by atoms with van der Waals surface area (Å²) in [6.45, 7) is 4.46. The predicted molar refractivity (Wildman–Crippen MR) is 149 cm³/mol. The van der Waals surface area contributed by atoms with Gasteiger partial charge in [-0.2, -0.15) is 0 Å². The summed E-state index contributed by atoms with van der Waals surface area (Å²) >= 11 is 2.07. The van der Waals surface area contributed by atoms with Crippen LogP contribution in [0.25, 0.3) is 0 Å². The first-order valence-corrected chi connectivity index (χ1v) is 14.1. The molecule has 3 atom stereocenters. The first-order chi connectivity index (χ1) is 18.2. The molecule has 38 heavy (non-hydrogen) atoms. The molecule has 1 aromatic rings. The van der Waals surface area contributed by atoms with E-state index in [2.05, 4.69) is 27.9 Å². The van der Waals surface area contributed by atoms with Crippen molar-refractivity contribution in [2.24, 2.45) is 5.92 Å². The minimum absolute atomic E-state index is 0.0335. The first kappa shape index (κ1) is 30.6. The minimum atomic E-state index is -1.11. The van der Waals surface area contributed by atoms with Crippen molar-refractivity contribution in [1.29, 1.82) is 0 Å². The molecule has 212 valence electrons. The Balaban J connectivity index is 1.93. The Labute approximate surface area is 237 Å². The molecule has 0 radical (unpaired) electrons. The van der Waals surface area contributed by atoms with E-state index >= 15 is 0 Å². The van der Waals surface area contributed by atoms with Gasteiger partial charge >= 0.3 is 0 Å². The number of hydrogen-bond donors (Lipinski definition) is 4. The van der Waals surface area contributed by atoms with E-state index in [-0.39, 0.29) is 50.0 Å². The molecule has 4 N–H and O–H groups in total. The van der Waals surface area contributed by atoms with Crippen LogP contribution < -0.4 is 14.8 Å². The van der Waals surface area contributed by atoms with E-state index < -0.39 is 18.2 Å². The highest BCUT2D eigenvalue weighted by atomic mass is 127. The number of carbonyl (C=O) groups is 2. The van der Waals surface area contributed by atoms with Crippen LogP contribution >= 0.6 is 22.6 Å². The molecule has 2 aliphatic carbocycles. The number of aliphatic hydroxyl groups excluding tert-OH is 3. The van der Waals surface area contributed by atoms with Gasteiger partial charge in [0.25, 0.3) is 0 Å². The molecule has 1 fully saturated rings. The molecular weight excluding hydrogens is 607 g/mol. The number of methoxy groups -OCH3 is 1. The second-order valence-electron chi connectivity index (χ2n) is 9.86. The zero-order valence-corrected chi connectivity index (χ0v) is 24.3. The molecule has 2 aliphatic rings. The lowest BCUT2D eigenvalue weighted by Gasteiger charge is -2.41. The number of nitrogens with one attached hydrogen (secondary N) is 1. The Morgan fingerprint density at radius 1 is 1.24 bits per heavy atom. The Kier molecular flexibility index (Phi) is 11.6. The Morgan fingerprint density at radius 2 is 1.97 bits per heavy atom. The topological polar surface area (TPSA) is 138 Å². The Morgan fingerprint density at radius 3 is 2.58 bits per heavy atom. The van der Waals surface area contributed by atoms with Crippen LogP contribution in [0.15, 0.2) is 23.8 Å². The van der Waals surface area contributed by atoms with Gasteiger partial charge in [0, 0.05) is 37.6 Å². The number of hydrogen-bond acceptors (Lipinski definition) is 8. The number of amides is 2. The lowest BCUT2D eigenvalue weighted by molar-refractivity contribution is -0.140. The van der Waals surface area contributed by atoms with Gasteiger partial charge in [-0.15, -0.1) is 0 Å². The number of benzene rings is 1. The van der Waals surface area contributed by atoms with E-state index in [1.165, 1.54) is 7.11 Å². The molecule has 0 aliphatic heterocycles. The van der Waals surface area contributed by atoms with Gasteiger partial charge < -0.3 is 39.7 Å². The number of ether oxygens (including phenoxy) is 3. The van der Waals surface area contributed by atoms with E-state index in [1.807, 2.05) is 13.8 Å². The number of aliphatic hydroxyl groups is 3. The van der Waals surface area contributed by atoms with Crippen molar-refractivity contribution in [3.63, 3.8) is 0 Å². The molecule has 0 saturated heterocycles. The van der Waals surface area contributed by atoms with Crippen molar-refractivity contribution in [3.8, 4) is 11.5 Å². The summed E-state index contributed by atoms with van der Waals surface area (Å²) in [5.74, 6) is 0.258. The third-order valence-electron chi connectivity index (χ3n) is 6.54. The molecule has 3 rings (SSSR count). The highest BCUT2D eigenvalue weighted by Gasteiger charge is 2.44. The summed E-state index contributed by atoms with van der Waals surface area (Å²) in [7, 11) is 1.48. The number of rotatable bonds is 14. The second kappa shape index (κ2) is 14.5. The molecule has 3 unspecified atom stereocenters. The molecule has 11 heteroatoms. The first-order valence-electron chi connectivity index (χ1n) is 13.0. The van der Waals surface area contributed by atoms with E-state index in [4.69, 9.17) is 14.2 Å². The summed E-state index contributed by atoms with van der Waals surface area (Å²) in [4.78, 5) is 28.0. The fourth-order valence-electron chi connectivity index (χ4n) is 4.45. The van der Waals surface area contributed by atoms with Crippen molar-refractivity contribution in [1.82, 2.24) is 10.2 Å². The van der Waals surface area contributed by atoms with Crippen LogP contribution in [0.3, 0.4) is 0 Å². The largest absolute Gasteiger partial charge is 0.493 e. The van der Waals surface area contributed by atoms with Gasteiger partial charge in [-0.05, 0) is 79.5 Å². The number of nitrogens with zero attached hydrogens (tertiary/aromatic N) is 1. The van der Waals surface area contributed by atoms with Crippen LogP contribution in [0, 0.1) is 9.49 Å². The van der Waals surface area contributed by atoms with Gasteiger partial charge in [0.2, 0.25) is 11.8 Å². The van der Waals surface area contributed by atoms with Crippen molar-refractivity contribution in [2.75, 3.05) is 33.4 Å². The zero-order chi connectivity index (χ0) is 27.8. The van der Waals surface area contributed by atoms with Crippen LogP contribution in [-0.4, -0.2) is 89.8 Å². The lowest BCUT2D eigenvalue weighted by Crippen LogP contribution is -2.55. The minimum Gasteiger partial charge on any atom is -0.493 e. The molecule has 2 amide bonds. The summed E-state index contributed by atoms with van der Waals surface area (Å²) < 4.78 is 18.1. The van der Waals surface area contributed by atoms with Gasteiger partial charge in [0.15, 0.2) is 11.5 Å². The number of halogens is 1. The van der Waals surface area contributed by atoms with E-state index in [0.29, 0.717) is 45.8 Å². The quantitative estimate of drug-likeness (QED) is 0.177. The maximum Gasteiger partial charge on any atom is 0.247 e. The smallest absolute Gasteiger partial charge is 0.247 e. The van der Waals surface area contributed by atoms with Crippen molar-refractivity contribution in [2.45, 2.75) is 70.5 Å². The summed E-state index contributed by atoms with van der Waals surface area (Å²) in [6, 6.07) is 2.72. The van der Waals surface area contributed by atoms with E-state index in [9.17, 15) is 24.9 Å². The average Bonchev–Trinajstić information content (AvgIpc) is 3.74. The lowest BCUT2D eigenvalue weighted by atomic mass is 9.87. The molecule has 1 saturated carbocycles. The third kappa shape index (κ3) is 8.04. The van der Waals surface area contributed by atoms with Gasteiger partial charge in [0.05, 0.1) is 36.0 Å². The highest BCUT2D eigenvalue weighted by Crippen LogP contribution is 2.38. The van der Waals surface area contributed by atoms with E-state index in [1.54, 1.807) is 23.1 Å². The van der Waals surface area contributed by atoms with Gasteiger partial charge in [-0.25, -0.2) is 0 Å². The van der Waals surface area contributed by atoms with Crippen molar-refractivity contribution >= 4 is 34.4 Å². The average molecular weight is 647 g/mol. The third-order valence-corrected chi connectivity index (χ3v) is 7.35. The normalized spacial score (nSPS) is 21.2. The summed E-state index contributed by atoms with van der Waals surface area (Å²) in [5, 5.41) is 32.9. The van der Waals surface area contributed by atoms with Crippen LogP contribution in [0.4, 0.5) is 0 Å².